The minimum atomic E-state index is -1.20. The molecule has 3 fully saturated rings. The number of hydrogen-bond acceptors (Lipinski definition) is 6. The standard InChI is InChI=1S/C32H43N5O2/c1-20(2)22-6-10-24(11-7-22)32(39,31(4)18-36(5)19-31)25-16-28(21(3)33-17-25)29-34-30(37(35-29)26-12-13-26)23-8-14-27(38)15-9-23/h6-7,10-11,16-17,20,23,26-27,38-39H,8-9,12-15,18-19H2,1-5H3. The zero-order valence-electron chi connectivity index (χ0n) is 24.1. The molecule has 0 spiro atoms. The van der Waals surface area contributed by atoms with Crippen LogP contribution in [0.4, 0.5) is 0 Å². The van der Waals surface area contributed by atoms with Crippen LogP contribution in [0, 0.1) is 12.3 Å². The fraction of sp³-hybridized carbons (Fsp3) is 0.594. The number of aromatic nitrogens is 4. The summed E-state index contributed by atoms with van der Waals surface area (Å²) in [6.07, 6.45) is 7.47. The average Bonchev–Trinajstić information content (AvgIpc) is 3.66. The molecule has 7 nitrogen and oxygen atoms in total. The van der Waals surface area contributed by atoms with E-state index < -0.39 is 5.60 Å². The molecular weight excluding hydrogens is 486 g/mol. The van der Waals surface area contributed by atoms with Gasteiger partial charge in [0.05, 0.1) is 12.1 Å². The Hall–Kier alpha value is -2.61. The lowest BCUT2D eigenvalue weighted by Gasteiger charge is -2.56. The first-order valence-corrected chi connectivity index (χ1v) is 14.7. The highest BCUT2D eigenvalue weighted by atomic mass is 16.3. The van der Waals surface area contributed by atoms with Crippen LogP contribution in [0.3, 0.4) is 0 Å². The molecule has 0 amide bonds. The maximum Gasteiger partial charge on any atom is 0.183 e. The Balaban J connectivity index is 1.43. The number of aliphatic hydroxyl groups is 2. The highest BCUT2D eigenvalue weighted by Gasteiger charge is 2.55. The van der Waals surface area contributed by atoms with Crippen LogP contribution in [-0.2, 0) is 5.60 Å². The first-order chi connectivity index (χ1) is 18.6. The summed E-state index contributed by atoms with van der Waals surface area (Å²) in [6.45, 7) is 10.2. The lowest BCUT2D eigenvalue weighted by molar-refractivity contribution is -0.127. The van der Waals surface area contributed by atoms with Crippen LogP contribution in [0.2, 0.25) is 0 Å². The Morgan fingerprint density at radius 3 is 2.26 bits per heavy atom. The predicted octanol–water partition coefficient (Wildman–Crippen LogP) is 5.31. The van der Waals surface area contributed by atoms with E-state index in [1.165, 1.54) is 5.56 Å². The maximum absolute atomic E-state index is 12.7. The number of benzene rings is 1. The van der Waals surface area contributed by atoms with Gasteiger partial charge in [-0.1, -0.05) is 45.0 Å². The molecule has 3 aromatic rings. The number of aliphatic hydroxyl groups excluding tert-OH is 1. The Morgan fingerprint density at radius 2 is 1.67 bits per heavy atom. The second-order valence-electron chi connectivity index (χ2n) is 13.1. The zero-order valence-corrected chi connectivity index (χ0v) is 24.1. The zero-order chi connectivity index (χ0) is 27.5. The van der Waals surface area contributed by atoms with E-state index in [1.807, 2.05) is 13.1 Å². The first kappa shape index (κ1) is 26.6. The number of pyridine rings is 1. The largest absolute Gasteiger partial charge is 0.393 e. The van der Waals surface area contributed by atoms with E-state index >= 15 is 0 Å². The van der Waals surface area contributed by atoms with Crippen molar-refractivity contribution in [2.75, 3.05) is 20.1 Å². The Labute approximate surface area is 232 Å². The maximum atomic E-state index is 12.7. The quantitative estimate of drug-likeness (QED) is 0.431. The molecule has 3 heterocycles. The third kappa shape index (κ3) is 4.62. The van der Waals surface area contributed by atoms with Crippen molar-refractivity contribution in [1.82, 2.24) is 24.6 Å². The lowest BCUT2D eigenvalue weighted by Crippen LogP contribution is -2.63. The number of likely N-dealkylation sites (tertiary alicyclic amines) is 1. The molecule has 0 radical (unpaired) electrons. The van der Waals surface area contributed by atoms with E-state index in [1.54, 1.807) is 0 Å². The topological polar surface area (TPSA) is 87.3 Å². The van der Waals surface area contributed by atoms with E-state index in [4.69, 9.17) is 15.1 Å². The summed E-state index contributed by atoms with van der Waals surface area (Å²) in [7, 11) is 2.10. The van der Waals surface area contributed by atoms with Gasteiger partial charge in [0.15, 0.2) is 5.82 Å². The molecule has 3 aliphatic rings. The second-order valence-corrected chi connectivity index (χ2v) is 13.1. The molecule has 2 aromatic heterocycles. The molecule has 2 saturated carbocycles. The third-order valence-corrected chi connectivity index (χ3v) is 9.46. The third-order valence-electron chi connectivity index (χ3n) is 9.46. The van der Waals surface area contributed by atoms with Crippen molar-refractivity contribution in [2.45, 2.75) is 95.8 Å². The number of hydrogen-bond donors (Lipinski definition) is 2. The van der Waals surface area contributed by atoms with Crippen molar-refractivity contribution < 1.29 is 10.2 Å². The molecule has 39 heavy (non-hydrogen) atoms. The van der Waals surface area contributed by atoms with Crippen LogP contribution in [0.1, 0.15) is 105 Å². The number of nitrogens with zero attached hydrogens (tertiary/aromatic N) is 5. The Bertz CT molecular complexity index is 1330. The Morgan fingerprint density at radius 1 is 1.00 bits per heavy atom. The van der Waals surface area contributed by atoms with E-state index in [-0.39, 0.29) is 11.5 Å². The molecule has 2 aliphatic carbocycles. The monoisotopic (exact) mass is 529 g/mol. The van der Waals surface area contributed by atoms with Gasteiger partial charge in [0.2, 0.25) is 0 Å². The van der Waals surface area contributed by atoms with Gasteiger partial charge in [-0.2, -0.15) is 5.10 Å². The summed E-state index contributed by atoms with van der Waals surface area (Å²) in [5, 5.41) is 27.8. The van der Waals surface area contributed by atoms with Crippen molar-refractivity contribution in [3.05, 3.63) is 64.7 Å². The molecule has 208 valence electrons. The van der Waals surface area contributed by atoms with Crippen LogP contribution in [0.5, 0.6) is 0 Å². The summed E-state index contributed by atoms with van der Waals surface area (Å²) in [4.78, 5) is 12.2. The molecule has 1 aromatic carbocycles. The van der Waals surface area contributed by atoms with Crippen LogP contribution >= 0.6 is 0 Å². The smallest absolute Gasteiger partial charge is 0.183 e. The van der Waals surface area contributed by atoms with Gasteiger partial charge in [0.1, 0.15) is 11.4 Å². The van der Waals surface area contributed by atoms with Crippen LogP contribution in [0.15, 0.2) is 36.5 Å². The van der Waals surface area contributed by atoms with Crippen molar-refractivity contribution >= 4 is 0 Å². The number of aryl methyl sites for hydroxylation is 1. The second kappa shape index (κ2) is 9.79. The van der Waals surface area contributed by atoms with E-state index in [0.717, 1.165) is 79.8 Å². The van der Waals surface area contributed by atoms with Crippen molar-refractivity contribution in [1.29, 1.82) is 0 Å². The highest BCUT2D eigenvalue weighted by Crippen LogP contribution is 2.51. The van der Waals surface area contributed by atoms with Gasteiger partial charge in [-0.15, -0.1) is 0 Å². The van der Waals surface area contributed by atoms with Gasteiger partial charge in [-0.3, -0.25) is 4.98 Å². The van der Waals surface area contributed by atoms with Crippen molar-refractivity contribution in [2.24, 2.45) is 5.41 Å². The molecular formula is C32H43N5O2. The summed E-state index contributed by atoms with van der Waals surface area (Å²) < 4.78 is 2.16. The van der Waals surface area contributed by atoms with Crippen molar-refractivity contribution in [3.8, 4) is 11.4 Å². The van der Waals surface area contributed by atoms with Gasteiger partial charge in [-0.25, -0.2) is 9.67 Å². The molecule has 6 rings (SSSR count). The minimum Gasteiger partial charge on any atom is -0.393 e. The Kier molecular flexibility index (Phi) is 6.68. The summed E-state index contributed by atoms with van der Waals surface area (Å²) in [5.41, 5.74) is 3.15. The molecule has 7 heteroatoms. The van der Waals surface area contributed by atoms with Crippen LogP contribution < -0.4 is 0 Å². The SMILES string of the molecule is Cc1ncc(C(O)(c2ccc(C(C)C)cc2)C2(C)CN(C)C2)cc1-c1nc(C2CCC(O)CC2)n(C2CC2)n1. The van der Waals surface area contributed by atoms with Gasteiger partial charge < -0.3 is 15.1 Å². The normalized spacial score (nSPS) is 24.9. The minimum absolute atomic E-state index is 0.194. The molecule has 0 bridgehead atoms. The predicted molar refractivity (Wildman–Crippen MR) is 153 cm³/mol. The van der Waals surface area contributed by atoms with Gasteiger partial charge in [-0.05, 0) is 75.6 Å². The van der Waals surface area contributed by atoms with E-state index in [9.17, 15) is 10.2 Å². The highest BCUT2D eigenvalue weighted by molar-refractivity contribution is 5.60. The summed E-state index contributed by atoms with van der Waals surface area (Å²) in [5.74, 6) is 2.51. The molecule has 1 atom stereocenters. The molecule has 2 N–H and O–H groups in total. The van der Waals surface area contributed by atoms with Gasteiger partial charge in [0.25, 0.3) is 0 Å². The van der Waals surface area contributed by atoms with Crippen LogP contribution in [-0.4, -0.2) is 61.1 Å². The molecule has 1 saturated heterocycles. The summed E-state index contributed by atoms with van der Waals surface area (Å²) >= 11 is 0. The number of rotatable bonds is 7. The lowest BCUT2D eigenvalue weighted by atomic mass is 9.62. The van der Waals surface area contributed by atoms with Gasteiger partial charge >= 0.3 is 0 Å². The average molecular weight is 530 g/mol. The van der Waals surface area contributed by atoms with Crippen molar-refractivity contribution in [3.63, 3.8) is 0 Å². The van der Waals surface area contributed by atoms with Gasteiger partial charge in [0, 0.05) is 47.4 Å². The molecule has 1 aliphatic heterocycles. The summed E-state index contributed by atoms with van der Waals surface area (Å²) in [6, 6.07) is 11.0. The van der Waals surface area contributed by atoms with Crippen LogP contribution in [0.25, 0.3) is 11.4 Å². The molecule has 1 unspecified atom stereocenters. The van der Waals surface area contributed by atoms with E-state index in [2.05, 4.69) is 67.7 Å². The fourth-order valence-electron chi connectivity index (χ4n) is 6.95. The van der Waals surface area contributed by atoms with E-state index in [0.29, 0.717) is 23.7 Å². The fourth-order valence-corrected chi connectivity index (χ4v) is 6.95. The first-order valence-electron chi connectivity index (χ1n) is 14.7.